The van der Waals surface area contributed by atoms with E-state index in [2.05, 4.69) is 0 Å². The van der Waals surface area contributed by atoms with Crippen LogP contribution in [0.2, 0.25) is 0 Å². The number of methoxy groups -OCH3 is 1. The van der Waals surface area contributed by atoms with E-state index in [0.29, 0.717) is 22.1 Å². The second-order valence-electron chi connectivity index (χ2n) is 4.03. The van der Waals surface area contributed by atoms with E-state index in [9.17, 15) is 13.2 Å². The zero-order valence-electron chi connectivity index (χ0n) is 10.3. The average molecular weight is 299 g/mol. The molecule has 0 spiro atoms. The van der Waals surface area contributed by atoms with E-state index in [0.717, 1.165) is 0 Å². The second-order valence-corrected chi connectivity index (χ2v) is 6.56. The first-order valence-corrected chi connectivity index (χ1v) is 7.72. The van der Waals surface area contributed by atoms with Crippen molar-refractivity contribution in [1.29, 1.82) is 0 Å². The number of ether oxygens (including phenoxy) is 1. The number of ketones is 1. The van der Waals surface area contributed by atoms with Gasteiger partial charge in [-0.1, -0.05) is 12.1 Å². The Hall–Kier alpha value is -1.59. The highest BCUT2D eigenvalue weighted by molar-refractivity contribution is 8.14. The van der Waals surface area contributed by atoms with Gasteiger partial charge in [-0.2, -0.15) is 0 Å². The normalized spacial score (nSPS) is 11.5. The van der Waals surface area contributed by atoms with Gasteiger partial charge < -0.3 is 4.74 Å². The molecule has 100 valence electrons. The number of benzene rings is 2. The van der Waals surface area contributed by atoms with Crippen molar-refractivity contribution in [2.24, 2.45) is 0 Å². The lowest BCUT2D eigenvalue weighted by molar-refractivity contribution is 0.101. The van der Waals surface area contributed by atoms with E-state index < -0.39 is 9.05 Å². The minimum Gasteiger partial charge on any atom is -0.496 e. The number of carbonyl (C=O) groups excluding carboxylic acids is 1. The molecule has 2 aromatic rings. The molecule has 2 rings (SSSR count). The SMILES string of the molecule is COc1cc(C(C)=O)cc2cccc(S(=O)(=O)Cl)c12. The van der Waals surface area contributed by atoms with Gasteiger partial charge in [-0.15, -0.1) is 0 Å². The lowest BCUT2D eigenvalue weighted by Gasteiger charge is -2.10. The Morgan fingerprint density at radius 2 is 1.95 bits per heavy atom. The van der Waals surface area contributed by atoms with Crippen LogP contribution in [0.3, 0.4) is 0 Å². The van der Waals surface area contributed by atoms with Crippen LogP contribution in [-0.4, -0.2) is 21.3 Å². The van der Waals surface area contributed by atoms with Crippen LogP contribution in [0, 0.1) is 0 Å². The largest absolute Gasteiger partial charge is 0.496 e. The van der Waals surface area contributed by atoms with Crippen LogP contribution in [0.15, 0.2) is 35.2 Å². The minimum atomic E-state index is -3.89. The third kappa shape index (κ3) is 2.57. The number of rotatable bonds is 3. The highest BCUT2D eigenvalue weighted by Gasteiger charge is 2.18. The molecular formula is C13H11ClO4S. The molecule has 6 heteroatoms. The lowest BCUT2D eigenvalue weighted by Crippen LogP contribution is -1.98. The number of fused-ring (bicyclic) bond motifs is 1. The van der Waals surface area contributed by atoms with Crippen LogP contribution >= 0.6 is 10.7 Å². The van der Waals surface area contributed by atoms with Crippen LogP contribution < -0.4 is 4.74 Å². The molecule has 0 unspecified atom stereocenters. The van der Waals surface area contributed by atoms with Crippen molar-refractivity contribution in [1.82, 2.24) is 0 Å². The third-order valence-electron chi connectivity index (χ3n) is 2.79. The first-order valence-electron chi connectivity index (χ1n) is 5.41. The van der Waals surface area contributed by atoms with Crippen molar-refractivity contribution in [3.63, 3.8) is 0 Å². The van der Waals surface area contributed by atoms with Gasteiger partial charge in [-0.25, -0.2) is 8.42 Å². The topological polar surface area (TPSA) is 60.4 Å². The predicted molar refractivity (Wildman–Crippen MR) is 73.5 cm³/mol. The van der Waals surface area contributed by atoms with Crippen molar-refractivity contribution >= 4 is 36.3 Å². The highest BCUT2D eigenvalue weighted by atomic mass is 35.7. The number of hydrogen-bond acceptors (Lipinski definition) is 4. The second kappa shape index (κ2) is 4.83. The minimum absolute atomic E-state index is 0.0291. The molecule has 0 saturated heterocycles. The fourth-order valence-corrected chi connectivity index (χ4v) is 3.01. The fourth-order valence-electron chi connectivity index (χ4n) is 1.92. The van der Waals surface area contributed by atoms with Crippen molar-refractivity contribution in [3.8, 4) is 5.75 Å². The van der Waals surface area contributed by atoms with Crippen LogP contribution in [-0.2, 0) is 9.05 Å². The summed E-state index contributed by atoms with van der Waals surface area (Å²) in [6.45, 7) is 1.43. The Labute approximate surface area is 115 Å². The third-order valence-corrected chi connectivity index (χ3v) is 4.16. The average Bonchev–Trinajstić information content (AvgIpc) is 2.35. The van der Waals surface area contributed by atoms with Gasteiger partial charge in [0, 0.05) is 21.6 Å². The number of hydrogen-bond donors (Lipinski definition) is 0. The molecule has 2 aromatic carbocycles. The molecule has 0 fully saturated rings. The van der Waals surface area contributed by atoms with Crippen LogP contribution in [0.4, 0.5) is 0 Å². The summed E-state index contributed by atoms with van der Waals surface area (Å²) in [6, 6.07) is 7.80. The first kappa shape index (κ1) is 13.8. The summed E-state index contributed by atoms with van der Waals surface area (Å²) in [6.07, 6.45) is 0. The molecule has 0 aliphatic rings. The van der Waals surface area contributed by atoms with Crippen molar-refractivity contribution < 1.29 is 17.9 Å². The molecule has 0 aliphatic carbocycles. The van der Waals surface area contributed by atoms with Crippen LogP contribution in [0.1, 0.15) is 17.3 Å². The number of Topliss-reactive ketones (excluding diaryl/α,β-unsaturated/α-hetero) is 1. The maximum Gasteiger partial charge on any atom is 0.262 e. The van der Waals surface area contributed by atoms with Gasteiger partial charge >= 0.3 is 0 Å². The summed E-state index contributed by atoms with van der Waals surface area (Å²) in [7, 11) is 2.94. The summed E-state index contributed by atoms with van der Waals surface area (Å²) in [5.74, 6) is 0.182. The van der Waals surface area contributed by atoms with Gasteiger partial charge in [0.1, 0.15) is 5.75 Å². The van der Waals surface area contributed by atoms with Crippen molar-refractivity contribution in [2.75, 3.05) is 7.11 Å². The predicted octanol–water partition coefficient (Wildman–Crippen LogP) is 2.98. The molecule has 0 radical (unpaired) electrons. The van der Waals surface area contributed by atoms with Gasteiger partial charge in [0.2, 0.25) is 0 Å². The molecule has 0 N–H and O–H groups in total. The molecule has 0 bridgehead atoms. The molecule has 4 nitrogen and oxygen atoms in total. The van der Waals surface area contributed by atoms with Crippen molar-refractivity contribution in [2.45, 2.75) is 11.8 Å². The quantitative estimate of drug-likeness (QED) is 0.645. The van der Waals surface area contributed by atoms with Crippen LogP contribution in [0.25, 0.3) is 10.8 Å². The van der Waals surface area contributed by atoms with E-state index in [-0.39, 0.29) is 10.7 Å². The van der Waals surface area contributed by atoms with Gasteiger partial charge in [0.05, 0.1) is 12.0 Å². The monoisotopic (exact) mass is 298 g/mol. The fraction of sp³-hybridized carbons (Fsp3) is 0.154. The zero-order chi connectivity index (χ0) is 14.2. The maximum absolute atomic E-state index is 11.6. The molecule has 0 aliphatic heterocycles. The van der Waals surface area contributed by atoms with E-state index >= 15 is 0 Å². The van der Waals surface area contributed by atoms with Crippen molar-refractivity contribution in [3.05, 3.63) is 35.9 Å². The Morgan fingerprint density at radius 1 is 1.26 bits per heavy atom. The Bertz CT molecular complexity index is 766. The molecule has 0 aromatic heterocycles. The molecule has 19 heavy (non-hydrogen) atoms. The van der Waals surface area contributed by atoms with Gasteiger partial charge in [0.15, 0.2) is 5.78 Å². The Balaban J connectivity index is 2.94. The molecule has 0 heterocycles. The highest BCUT2D eigenvalue weighted by Crippen LogP contribution is 2.34. The van der Waals surface area contributed by atoms with E-state index in [1.54, 1.807) is 18.2 Å². The number of halogens is 1. The first-order chi connectivity index (χ1) is 8.84. The lowest BCUT2D eigenvalue weighted by atomic mass is 10.0. The van der Waals surface area contributed by atoms with E-state index in [1.807, 2.05) is 0 Å². The summed E-state index contributed by atoms with van der Waals surface area (Å²) < 4.78 is 28.3. The summed E-state index contributed by atoms with van der Waals surface area (Å²) in [4.78, 5) is 11.4. The molecule has 0 saturated carbocycles. The Morgan fingerprint density at radius 3 is 2.47 bits per heavy atom. The standard InChI is InChI=1S/C13H11ClO4S/c1-8(15)10-6-9-4-3-5-12(19(14,16)17)13(9)11(7-10)18-2/h3-7H,1-2H3. The summed E-state index contributed by atoms with van der Waals surface area (Å²) in [5.41, 5.74) is 0.452. The summed E-state index contributed by atoms with van der Waals surface area (Å²) in [5, 5.41) is 0.969. The number of carbonyl (C=O) groups is 1. The molecular weight excluding hydrogens is 288 g/mol. The summed E-state index contributed by atoms with van der Waals surface area (Å²) >= 11 is 0. The van der Waals surface area contributed by atoms with Gasteiger partial charge in [-0.05, 0) is 30.5 Å². The maximum atomic E-state index is 11.6. The van der Waals surface area contributed by atoms with Crippen LogP contribution in [0.5, 0.6) is 5.75 Å². The molecule has 0 atom stereocenters. The van der Waals surface area contributed by atoms with Gasteiger partial charge in [-0.3, -0.25) is 4.79 Å². The smallest absolute Gasteiger partial charge is 0.262 e. The molecule has 0 amide bonds. The van der Waals surface area contributed by atoms with Gasteiger partial charge in [0.25, 0.3) is 9.05 Å². The van der Waals surface area contributed by atoms with E-state index in [1.165, 1.54) is 26.2 Å². The zero-order valence-corrected chi connectivity index (χ0v) is 11.9. The Kier molecular flexibility index (Phi) is 3.52. The van der Waals surface area contributed by atoms with E-state index in [4.69, 9.17) is 15.4 Å².